The highest BCUT2D eigenvalue weighted by molar-refractivity contribution is 5.93. The van der Waals surface area contributed by atoms with Gasteiger partial charge < -0.3 is 10.6 Å². The van der Waals surface area contributed by atoms with Crippen molar-refractivity contribution in [2.24, 2.45) is 0 Å². The topological polar surface area (TPSA) is 55.0 Å². The van der Waals surface area contributed by atoms with Crippen LogP contribution in [-0.2, 0) is 0 Å². The molecule has 0 atom stereocenters. The van der Waals surface area contributed by atoms with E-state index in [9.17, 15) is 0 Å². The number of nitrogen functional groups attached to an aromatic ring is 1. The van der Waals surface area contributed by atoms with Gasteiger partial charge in [0, 0.05) is 23.8 Å². The molecule has 0 unspecified atom stereocenters. The van der Waals surface area contributed by atoms with Gasteiger partial charge in [0.1, 0.15) is 12.1 Å². The molecule has 3 rings (SSSR count). The molecule has 2 aromatic carbocycles. The van der Waals surface area contributed by atoms with Crippen molar-refractivity contribution in [1.29, 1.82) is 0 Å². The predicted octanol–water partition coefficient (Wildman–Crippen LogP) is 3.29. The number of fused-ring (bicyclic) bond motifs is 1. The lowest BCUT2D eigenvalue weighted by Crippen LogP contribution is -2.12. The van der Waals surface area contributed by atoms with Crippen LogP contribution in [0.1, 0.15) is 5.56 Å². The Balaban J connectivity index is 2.13. The molecule has 2 N–H and O–H groups in total. The first-order valence-corrected chi connectivity index (χ1v) is 6.46. The Kier molecular flexibility index (Phi) is 2.99. The lowest BCUT2D eigenvalue weighted by Gasteiger charge is -2.20. The van der Waals surface area contributed by atoms with Gasteiger partial charge in [-0.1, -0.05) is 17.7 Å². The van der Waals surface area contributed by atoms with Gasteiger partial charge >= 0.3 is 0 Å². The molecular weight excluding hydrogens is 248 g/mol. The molecule has 100 valence electrons. The van der Waals surface area contributed by atoms with Gasteiger partial charge in [0.25, 0.3) is 0 Å². The zero-order chi connectivity index (χ0) is 14.1. The average molecular weight is 264 g/mol. The van der Waals surface area contributed by atoms with Crippen LogP contribution in [0.15, 0.2) is 48.8 Å². The van der Waals surface area contributed by atoms with Gasteiger partial charge in [0.2, 0.25) is 0 Å². The summed E-state index contributed by atoms with van der Waals surface area (Å²) in [5.41, 5.74) is 9.80. The van der Waals surface area contributed by atoms with Crippen molar-refractivity contribution in [1.82, 2.24) is 9.97 Å². The van der Waals surface area contributed by atoms with Crippen molar-refractivity contribution >= 4 is 28.1 Å². The smallest absolute Gasteiger partial charge is 0.144 e. The molecule has 0 aliphatic rings. The standard InChI is InChI=1S/C16H16N4/c1-11-3-6-13(7-4-11)20(2)16-14-9-12(17)5-8-15(14)18-10-19-16/h3-10H,17H2,1-2H3. The number of aromatic nitrogens is 2. The minimum Gasteiger partial charge on any atom is -0.399 e. The number of hydrogen-bond donors (Lipinski definition) is 1. The molecule has 1 heterocycles. The Morgan fingerprint density at radius 1 is 1.00 bits per heavy atom. The second kappa shape index (κ2) is 4.81. The first-order chi connectivity index (χ1) is 9.65. The molecule has 1 aromatic heterocycles. The molecule has 0 aliphatic heterocycles. The molecule has 4 heteroatoms. The van der Waals surface area contributed by atoms with Crippen molar-refractivity contribution in [3.8, 4) is 0 Å². The lowest BCUT2D eigenvalue weighted by atomic mass is 10.2. The van der Waals surface area contributed by atoms with Crippen molar-refractivity contribution in [2.45, 2.75) is 6.92 Å². The molecule has 0 spiro atoms. The Morgan fingerprint density at radius 2 is 1.75 bits per heavy atom. The number of nitrogens with two attached hydrogens (primary N) is 1. The second-order valence-corrected chi connectivity index (χ2v) is 4.87. The Bertz CT molecular complexity index is 750. The molecule has 0 radical (unpaired) electrons. The molecule has 0 saturated heterocycles. The fraction of sp³-hybridized carbons (Fsp3) is 0.125. The van der Waals surface area contributed by atoms with Crippen LogP contribution in [0, 0.1) is 6.92 Å². The van der Waals surface area contributed by atoms with Gasteiger partial charge in [0.15, 0.2) is 0 Å². The molecule has 0 bridgehead atoms. The third-order valence-electron chi connectivity index (χ3n) is 3.38. The number of rotatable bonds is 2. The Hall–Kier alpha value is -2.62. The maximum absolute atomic E-state index is 5.88. The van der Waals surface area contributed by atoms with Crippen molar-refractivity contribution in [2.75, 3.05) is 17.7 Å². The van der Waals surface area contributed by atoms with Gasteiger partial charge in [-0.05, 0) is 37.3 Å². The summed E-state index contributed by atoms with van der Waals surface area (Å²) in [6.45, 7) is 2.07. The van der Waals surface area contributed by atoms with E-state index in [1.165, 1.54) is 5.56 Å². The quantitative estimate of drug-likeness (QED) is 0.722. The first kappa shape index (κ1) is 12.4. The SMILES string of the molecule is Cc1ccc(N(C)c2ncnc3ccc(N)cc23)cc1. The number of benzene rings is 2. The molecule has 0 fully saturated rings. The van der Waals surface area contributed by atoms with Crippen molar-refractivity contribution < 1.29 is 0 Å². The summed E-state index contributed by atoms with van der Waals surface area (Å²) < 4.78 is 0. The highest BCUT2D eigenvalue weighted by atomic mass is 15.2. The van der Waals surface area contributed by atoms with E-state index in [0.29, 0.717) is 5.69 Å². The van der Waals surface area contributed by atoms with Crippen LogP contribution in [0.5, 0.6) is 0 Å². The molecule has 3 aromatic rings. The lowest BCUT2D eigenvalue weighted by molar-refractivity contribution is 1.11. The normalized spacial score (nSPS) is 10.7. The van der Waals surface area contributed by atoms with Gasteiger partial charge in [-0.25, -0.2) is 9.97 Å². The van der Waals surface area contributed by atoms with Crippen LogP contribution in [0.3, 0.4) is 0 Å². The zero-order valence-corrected chi connectivity index (χ0v) is 11.5. The second-order valence-electron chi connectivity index (χ2n) is 4.87. The van der Waals surface area contributed by atoms with E-state index in [2.05, 4.69) is 41.2 Å². The van der Waals surface area contributed by atoms with Crippen molar-refractivity contribution in [3.63, 3.8) is 0 Å². The Labute approximate surface area is 117 Å². The van der Waals surface area contributed by atoms with E-state index in [-0.39, 0.29) is 0 Å². The van der Waals surface area contributed by atoms with Crippen molar-refractivity contribution in [3.05, 3.63) is 54.4 Å². The van der Waals surface area contributed by atoms with Crippen LogP contribution >= 0.6 is 0 Å². The third kappa shape index (κ3) is 2.16. The fourth-order valence-electron chi connectivity index (χ4n) is 2.22. The minimum atomic E-state index is 0.714. The molecule has 4 nitrogen and oxygen atoms in total. The van der Waals surface area contributed by atoms with Crippen LogP contribution < -0.4 is 10.6 Å². The van der Waals surface area contributed by atoms with Crippen LogP contribution in [0.4, 0.5) is 17.2 Å². The number of nitrogens with zero attached hydrogens (tertiary/aromatic N) is 3. The van der Waals surface area contributed by atoms with E-state index in [0.717, 1.165) is 22.4 Å². The van der Waals surface area contributed by atoms with Crippen LogP contribution in [-0.4, -0.2) is 17.0 Å². The number of aryl methyl sites for hydroxylation is 1. The first-order valence-electron chi connectivity index (χ1n) is 6.46. The Morgan fingerprint density at radius 3 is 2.50 bits per heavy atom. The van der Waals surface area contributed by atoms with E-state index in [1.807, 2.05) is 30.1 Å². The van der Waals surface area contributed by atoms with Gasteiger partial charge in [-0.2, -0.15) is 0 Å². The summed E-state index contributed by atoms with van der Waals surface area (Å²) in [4.78, 5) is 10.7. The number of hydrogen-bond acceptors (Lipinski definition) is 4. The largest absolute Gasteiger partial charge is 0.399 e. The van der Waals surface area contributed by atoms with E-state index in [4.69, 9.17) is 5.73 Å². The maximum Gasteiger partial charge on any atom is 0.144 e. The monoisotopic (exact) mass is 264 g/mol. The zero-order valence-electron chi connectivity index (χ0n) is 11.5. The minimum absolute atomic E-state index is 0.714. The molecular formula is C16H16N4. The van der Waals surface area contributed by atoms with Crippen LogP contribution in [0.25, 0.3) is 10.9 Å². The van der Waals surface area contributed by atoms with Crippen LogP contribution in [0.2, 0.25) is 0 Å². The van der Waals surface area contributed by atoms with E-state index >= 15 is 0 Å². The third-order valence-corrected chi connectivity index (χ3v) is 3.38. The summed E-state index contributed by atoms with van der Waals surface area (Å²) >= 11 is 0. The summed E-state index contributed by atoms with van der Waals surface area (Å²) in [5.74, 6) is 0.853. The molecule has 20 heavy (non-hydrogen) atoms. The average Bonchev–Trinajstić information content (AvgIpc) is 2.46. The maximum atomic E-state index is 5.88. The summed E-state index contributed by atoms with van der Waals surface area (Å²) in [6, 6.07) is 14.0. The van der Waals surface area contributed by atoms with Gasteiger partial charge in [-0.15, -0.1) is 0 Å². The van der Waals surface area contributed by atoms with Gasteiger partial charge in [0.05, 0.1) is 5.52 Å². The molecule has 0 saturated carbocycles. The van der Waals surface area contributed by atoms with E-state index in [1.54, 1.807) is 6.33 Å². The predicted molar refractivity (Wildman–Crippen MR) is 83.2 cm³/mol. The molecule has 0 amide bonds. The highest BCUT2D eigenvalue weighted by Crippen LogP contribution is 2.29. The highest BCUT2D eigenvalue weighted by Gasteiger charge is 2.10. The fourth-order valence-corrected chi connectivity index (χ4v) is 2.22. The number of anilines is 3. The van der Waals surface area contributed by atoms with Gasteiger partial charge in [-0.3, -0.25) is 0 Å². The summed E-state index contributed by atoms with van der Waals surface area (Å²) in [5, 5.41) is 0.954. The molecule has 0 aliphatic carbocycles. The van der Waals surface area contributed by atoms with E-state index < -0.39 is 0 Å². The summed E-state index contributed by atoms with van der Waals surface area (Å²) in [7, 11) is 2.00. The summed E-state index contributed by atoms with van der Waals surface area (Å²) in [6.07, 6.45) is 1.58.